The zero-order valence-corrected chi connectivity index (χ0v) is 17.6. The predicted octanol–water partition coefficient (Wildman–Crippen LogP) is 3.61. The molecule has 2 fully saturated rings. The maximum absolute atomic E-state index is 13.8. The van der Waals surface area contributed by atoms with Gasteiger partial charge in [-0.15, -0.1) is 0 Å². The SMILES string of the molecule is Cc1c(F)ccc(C2CCN(C(=O)c3n[nH]c4c3CN(C3COC3)C4)CC2)c1C(F)(F)F. The van der Waals surface area contributed by atoms with E-state index < -0.39 is 17.6 Å². The minimum Gasteiger partial charge on any atom is -0.378 e. The lowest BCUT2D eigenvalue weighted by atomic mass is 9.84. The lowest BCUT2D eigenvalue weighted by Gasteiger charge is -2.34. The summed E-state index contributed by atoms with van der Waals surface area (Å²) < 4.78 is 59.9. The van der Waals surface area contributed by atoms with Crippen molar-refractivity contribution in [2.75, 3.05) is 26.3 Å². The van der Waals surface area contributed by atoms with Gasteiger partial charge in [-0.25, -0.2) is 4.39 Å². The van der Waals surface area contributed by atoms with Crippen LogP contribution in [-0.4, -0.2) is 58.2 Å². The number of H-pyrrole nitrogens is 1. The van der Waals surface area contributed by atoms with Crippen LogP contribution < -0.4 is 0 Å². The fourth-order valence-corrected chi connectivity index (χ4v) is 5.00. The zero-order valence-electron chi connectivity index (χ0n) is 17.6. The number of benzene rings is 1. The van der Waals surface area contributed by atoms with E-state index >= 15 is 0 Å². The van der Waals surface area contributed by atoms with E-state index in [2.05, 4.69) is 15.1 Å². The Kier molecular flexibility index (Phi) is 5.24. The van der Waals surface area contributed by atoms with Crippen molar-refractivity contribution >= 4 is 5.91 Å². The number of hydrogen-bond donors (Lipinski definition) is 1. The second-order valence-corrected chi connectivity index (χ2v) is 8.83. The predicted molar refractivity (Wildman–Crippen MR) is 106 cm³/mol. The molecule has 1 aromatic carbocycles. The smallest absolute Gasteiger partial charge is 0.378 e. The molecule has 0 atom stereocenters. The number of halogens is 4. The fourth-order valence-electron chi connectivity index (χ4n) is 5.00. The number of ether oxygens (including phenoxy) is 1. The van der Waals surface area contributed by atoms with Gasteiger partial charge in [-0.3, -0.25) is 14.8 Å². The average Bonchev–Trinajstić information content (AvgIpc) is 3.28. The molecule has 1 aromatic heterocycles. The summed E-state index contributed by atoms with van der Waals surface area (Å²) in [4.78, 5) is 17.0. The molecule has 0 saturated carbocycles. The molecule has 4 heterocycles. The van der Waals surface area contributed by atoms with Crippen molar-refractivity contribution in [3.05, 3.63) is 51.6 Å². The summed E-state index contributed by atoms with van der Waals surface area (Å²) in [6.07, 6.45) is -3.85. The monoisotopic (exact) mass is 452 g/mol. The molecule has 3 aliphatic heterocycles. The van der Waals surface area contributed by atoms with Gasteiger partial charge in [0.05, 0.1) is 30.5 Å². The van der Waals surface area contributed by atoms with Crippen LogP contribution in [0, 0.1) is 12.7 Å². The van der Waals surface area contributed by atoms with Crippen molar-refractivity contribution in [1.82, 2.24) is 20.0 Å². The first-order valence-corrected chi connectivity index (χ1v) is 10.8. The van der Waals surface area contributed by atoms with E-state index in [0.29, 0.717) is 64.0 Å². The van der Waals surface area contributed by atoms with Gasteiger partial charge >= 0.3 is 6.18 Å². The molecule has 1 N–H and O–H groups in total. The Labute approximate surface area is 182 Å². The molecular formula is C22H24F4N4O2. The molecule has 0 aliphatic carbocycles. The molecule has 6 nitrogen and oxygen atoms in total. The second-order valence-electron chi connectivity index (χ2n) is 8.83. The summed E-state index contributed by atoms with van der Waals surface area (Å²) >= 11 is 0. The van der Waals surface area contributed by atoms with Crippen LogP contribution in [0.25, 0.3) is 0 Å². The number of piperidine rings is 1. The molecule has 2 aromatic rings. The van der Waals surface area contributed by atoms with Gasteiger partial charge in [-0.2, -0.15) is 18.3 Å². The van der Waals surface area contributed by atoms with E-state index in [1.807, 2.05) is 0 Å². The largest absolute Gasteiger partial charge is 0.417 e. The summed E-state index contributed by atoms with van der Waals surface area (Å²) in [6, 6.07) is 2.70. The number of aromatic amines is 1. The number of likely N-dealkylation sites (tertiary alicyclic amines) is 1. The highest BCUT2D eigenvalue weighted by molar-refractivity contribution is 5.94. The van der Waals surface area contributed by atoms with Crippen molar-refractivity contribution in [1.29, 1.82) is 0 Å². The van der Waals surface area contributed by atoms with Crippen molar-refractivity contribution in [3.63, 3.8) is 0 Å². The first kappa shape index (κ1) is 21.4. The van der Waals surface area contributed by atoms with E-state index in [0.717, 1.165) is 24.2 Å². The van der Waals surface area contributed by atoms with Crippen LogP contribution in [0.1, 0.15) is 57.2 Å². The zero-order chi connectivity index (χ0) is 22.6. The van der Waals surface area contributed by atoms with Crippen LogP contribution in [0.4, 0.5) is 17.6 Å². The number of aromatic nitrogens is 2. The second kappa shape index (κ2) is 7.84. The van der Waals surface area contributed by atoms with Crippen molar-refractivity contribution < 1.29 is 27.1 Å². The Morgan fingerprint density at radius 1 is 1.19 bits per heavy atom. The first-order chi connectivity index (χ1) is 15.2. The highest BCUT2D eigenvalue weighted by Crippen LogP contribution is 2.41. The molecule has 0 radical (unpaired) electrons. The number of nitrogens with one attached hydrogen (secondary N) is 1. The average molecular weight is 452 g/mol. The van der Waals surface area contributed by atoms with Crippen molar-refractivity contribution in [3.8, 4) is 0 Å². The molecule has 1 amide bonds. The summed E-state index contributed by atoms with van der Waals surface area (Å²) in [5.41, 5.74) is 1.09. The standard InChI is InChI=1S/C22H24F4N4O2/c1-12-17(23)3-2-15(19(12)22(24,25)26)13-4-6-29(7-5-13)21(31)20-16-8-30(14-10-32-11-14)9-18(16)27-28-20/h2-3,13-14H,4-11H2,1H3,(H,27,28). The van der Waals surface area contributed by atoms with Gasteiger partial charge in [0.15, 0.2) is 5.69 Å². The number of rotatable bonds is 3. The van der Waals surface area contributed by atoms with Gasteiger partial charge in [0.25, 0.3) is 5.91 Å². The lowest BCUT2D eigenvalue weighted by molar-refractivity contribution is -0.139. The van der Waals surface area contributed by atoms with Crippen molar-refractivity contribution in [2.24, 2.45) is 0 Å². The van der Waals surface area contributed by atoms with Crippen molar-refractivity contribution in [2.45, 2.75) is 51.0 Å². The number of fused-ring (bicyclic) bond motifs is 1. The number of amides is 1. The minimum atomic E-state index is -4.62. The number of alkyl halides is 3. The van der Waals surface area contributed by atoms with Gasteiger partial charge in [-0.05, 0) is 42.9 Å². The number of carbonyl (C=O) groups is 1. The van der Waals surface area contributed by atoms with E-state index in [-0.39, 0.29) is 23.0 Å². The third-order valence-corrected chi connectivity index (χ3v) is 6.95. The van der Waals surface area contributed by atoms with Crippen LogP contribution >= 0.6 is 0 Å². The van der Waals surface area contributed by atoms with Gasteiger partial charge in [0.1, 0.15) is 5.82 Å². The van der Waals surface area contributed by atoms with Gasteiger partial charge in [0, 0.05) is 31.7 Å². The molecular weight excluding hydrogens is 428 g/mol. The highest BCUT2D eigenvalue weighted by atomic mass is 19.4. The van der Waals surface area contributed by atoms with Crippen LogP contribution in [-0.2, 0) is 24.0 Å². The maximum atomic E-state index is 13.8. The molecule has 0 bridgehead atoms. The Morgan fingerprint density at radius 2 is 1.91 bits per heavy atom. The van der Waals surface area contributed by atoms with Crippen LogP contribution in [0.2, 0.25) is 0 Å². The molecule has 0 spiro atoms. The Morgan fingerprint density at radius 3 is 2.53 bits per heavy atom. The Hall–Kier alpha value is -2.46. The molecule has 10 heteroatoms. The fraction of sp³-hybridized carbons (Fsp3) is 0.545. The molecule has 5 rings (SSSR count). The van der Waals surface area contributed by atoms with E-state index in [1.54, 1.807) is 4.90 Å². The third-order valence-electron chi connectivity index (χ3n) is 6.95. The highest BCUT2D eigenvalue weighted by Gasteiger charge is 2.40. The maximum Gasteiger partial charge on any atom is 0.417 e. The van der Waals surface area contributed by atoms with Crippen LogP contribution in [0.15, 0.2) is 12.1 Å². The molecule has 3 aliphatic rings. The molecule has 32 heavy (non-hydrogen) atoms. The van der Waals surface area contributed by atoms with Gasteiger partial charge in [-0.1, -0.05) is 6.07 Å². The van der Waals surface area contributed by atoms with Gasteiger partial charge in [0.2, 0.25) is 0 Å². The number of nitrogens with zero attached hydrogens (tertiary/aromatic N) is 3. The molecule has 172 valence electrons. The molecule has 0 unspecified atom stereocenters. The third kappa shape index (κ3) is 3.59. The van der Waals surface area contributed by atoms with E-state index in [9.17, 15) is 22.4 Å². The Balaban J connectivity index is 1.29. The van der Waals surface area contributed by atoms with E-state index in [4.69, 9.17) is 4.74 Å². The number of hydrogen-bond acceptors (Lipinski definition) is 4. The summed E-state index contributed by atoms with van der Waals surface area (Å²) in [7, 11) is 0. The topological polar surface area (TPSA) is 61.5 Å². The van der Waals surface area contributed by atoms with Gasteiger partial charge < -0.3 is 9.64 Å². The van der Waals surface area contributed by atoms with Crippen LogP contribution in [0.5, 0.6) is 0 Å². The lowest BCUT2D eigenvalue weighted by Crippen LogP contribution is -2.46. The molecule has 2 saturated heterocycles. The Bertz CT molecular complexity index is 1040. The first-order valence-electron chi connectivity index (χ1n) is 10.8. The summed E-state index contributed by atoms with van der Waals surface area (Å²) in [5, 5.41) is 7.20. The minimum absolute atomic E-state index is 0.113. The quantitative estimate of drug-likeness (QED) is 0.723. The summed E-state index contributed by atoms with van der Waals surface area (Å²) in [5.74, 6) is -1.43. The normalized spacial score (nSPS) is 20.5. The number of carbonyl (C=O) groups excluding carboxylic acids is 1. The van der Waals surface area contributed by atoms with Crippen LogP contribution in [0.3, 0.4) is 0 Å². The summed E-state index contributed by atoms with van der Waals surface area (Å²) in [6.45, 7) is 4.56. The van der Waals surface area contributed by atoms with E-state index in [1.165, 1.54) is 6.07 Å².